The predicted molar refractivity (Wildman–Crippen MR) is 74.2 cm³/mol. The van der Waals surface area contributed by atoms with E-state index in [0.29, 0.717) is 13.2 Å². The summed E-state index contributed by atoms with van der Waals surface area (Å²) in [5, 5.41) is 3.26. The highest BCUT2D eigenvalue weighted by Gasteiger charge is 1.96. The van der Waals surface area contributed by atoms with Gasteiger partial charge in [0.2, 0.25) is 0 Å². The summed E-state index contributed by atoms with van der Waals surface area (Å²) < 4.78 is 11.9. The Hall–Kier alpha value is -1.10. The lowest BCUT2D eigenvalue weighted by Gasteiger charge is -2.05. The summed E-state index contributed by atoms with van der Waals surface area (Å²) in [6.45, 7) is 2.89. The average molecular weight is 310 g/mol. The van der Waals surface area contributed by atoms with Crippen molar-refractivity contribution in [1.82, 2.24) is 5.32 Å². The third-order valence-electron chi connectivity index (χ3n) is 2.46. The Balaban J connectivity index is 1.56. The fourth-order valence-electron chi connectivity index (χ4n) is 1.59. The van der Waals surface area contributed by atoms with Crippen LogP contribution in [-0.4, -0.2) is 13.2 Å². The highest BCUT2D eigenvalue weighted by Crippen LogP contribution is 2.12. The van der Waals surface area contributed by atoms with Gasteiger partial charge in [0, 0.05) is 11.0 Å². The number of hydrogen-bond acceptors (Lipinski definition) is 3. The van der Waals surface area contributed by atoms with E-state index in [-0.39, 0.29) is 0 Å². The molecule has 0 aliphatic heterocycles. The molecule has 3 nitrogen and oxygen atoms in total. The first-order valence-corrected chi connectivity index (χ1v) is 6.69. The molecule has 0 radical (unpaired) electrons. The lowest BCUT2D eigenvalue weighted by Crippen LogP contribution is -2.18. The number of halogens is 1. The second-order valence-electron chi connectivity index (χ2n) is 3.94. The minimum absolute atomic E-state index is 0.641. The van der Waals surface area contributed by atoms with E-state index in [4.69, 9.17) is 9.15 Å². The van der Waals surface area contributed by atoms with E-state index in [1.54, 1.807) is 6.26 Å². The van der Waals surface area contributed by atoms with Gasteiger partial charge in [0.1, 0.15) is 5.76 Å². The Bertz CT molecular complexity index is 457. The van der Waals surface area contributed by atoms with E-state index in [0.717, 1.165) is 23.3 Å². The average Bonchev–Trinajstić information content (AvgIpc) is 2.87. The molecule has 0 spiro atoms. The molecule has 0 aliphatic carbocycles. The molecule has 1 aromatic heterocycles. The zero-order valence-corrected chi connectivity index (χ0v) is 11.7. The monoisotopic (exact) mass is 309 g/mol. The summed E-state index contributed by atoms with van der Waals surface area (Å²) in [4.78, 5) is 0. The fourth-order valence-corrected chi connectivity index (χ4v) is 2.03. The van der Waals surface area contributed by atoms with Gasteiger partial charge in [-0.25, -0.2) is 0 Å². The molecule has 2 rings (SSSR count). The van der Waals surface area contributed by atoms with Crippen LogP contribution in [0.4, 0.5) is 0 Å². The minimum Gasteiger partial charge on any atom is -0.468 e. The van der Waals surface area contributed by atoms with E-state index in [2.05, 4.69) is 33.4 Å². The number of rotatable bonds is 7. The van der Waals surface area contributed by atoms with Gasteiger partial charge < -0.3 is 14.5 Å². The van der Waals surface area contributed by atoms with Gasteiger partial charge in [0.25, 0.3) is 0 Å². The molecule has 0 saturated heterocycles. The molecule has 4 heteroatoms. The quantitative estimate of drug-likeness (QED) is 0.797. The van der Waals surface area contributed by atoms with Crippen molar-refractivity contribution >= 4 is 15.9 Å². The molecule has 0 fully saturated rings. The molecular formula is C14H16BrNO2. The Morgan fingerprint density at radius 3 is 2.94 bits per heavy atom. The van der Waals surface area contributed by atoms with Gasteiger partial charge in [-0.3, -0.25) is 0 Å². The Morgan fingerprint density at radius 1 is 1.22 bits per heavy atom. The van der Waals surface area contributed by atoms with Crippen LogP contribution in [0.3, 0.4) is 0 Å². The molecule has 0 atom stereocenters. The van der Waals surface area contributed by atoms with Crippen LogP contribution < -0.4 is 5.32 Å². The highest BCUT2D eigenvalue weighted by atomic mass is 79.9. The summed E-state index contributed by atoms with van der Waals surface area (Å²) in [7, 11) is 0. The largest absolute Gasteiger partial charge is 0.468 e. The molecule has 0 unspecified atom stereocenters. The summed E-state index contributed by atoms with van der Waals surface area (Å²) in [6, 6.07) is 12.0. The minimum atomic E-state index is 0.641. The number of ether oxygens (including phenoxy) is 1. The fraction of sp³-hybridized carbons (Fsp3) is 0.286. The molecule has 2 aromatic rings. The highest BCUT2D eigenvalue weighted by molar-refractivity contribution is 9.10. The van der Waals surface area contributed by atoms with Crippen molar-refractivity contribution in [2.45, 2.75) is 13.2 Å². The van der Waals surface area contributed by atoms with Gasteiger partial charge in [-0.1, -0.05) is 28.1 Å². The molecule has 0 amide bonds. The standard InChI is InChI=1S/C14H16BrNO2/c15-13-4-1-3-12(9-13)11-17-8-6-16-10-14-5-2-7-18-14/h1-5,7,9,16H,6,8,10-11H2. The Morgan fingerprint density at radius 2 is 2.17 bits per heavy atom. The molecule has 18 heavy (non-hydrogen) atoms. The summed E-state index contributed by atoms with van der Waals surface area (Å²) in [5.41, 5.74) is 1.18. The molecule has 96 valence electrons. The predicted octanol–water partition coefficient (Wildman–Crippen LogP) is 3.35. The zero-order chi connectivity index (χ0) is 12.6. The normalized spacial score (nSPS) is 10.7. The maximum absolute atomic E-state index is 5.58. The van der Waals surface area contributed by atoms with Crippen LogP contribution in [0.15, 0.2) is 51.6 Å². The van der Waals surface area contributed by atoms with Crippen LogP contribution in [0.2, 0.25) is 0 Å². The summed E-state index contributed by atoms with van der Waals surface area (Å²) in [6.07, 6.45) is 1.68. The second kappa shape index (κ2) is 7.36. The number of furan rings is 1. The third kappa shape index (κ3) is 4.64. The number of benzene rings is 1. The van der Waals surface area contributed by atoms with E-state index >= 15 is 0 Å². The van der Waals surface area contributed by atoms with Crippen LogP contribution in [0.25, 0.3) is 0 Å². The van der Waals surface area contributed by atoms with Crippen molar-refractivity contribution in [3.63, 3.8) is 0 Å². The molecular weight excluding hydrogens is 294 g/mol. The van der Waals surface area contributed by atoms with Gasteiger partial charge >= 0.3 is 0 Å². The van der Waals surface area contributed by atoms with Crippen molar-refractivity contribution in [3.05, 3.63) is 58.5 Å². The van der Waals surface area contributed by atoms with Crippen LogP contribution in [0.5, 0.6) is 0 Å². The molecule has 0 bridgehead atoms. The number of nitrogens with one attached hydrogen (secondary N) is 1. The van der Waals surface area contributed by atoms with E-state index in [9.17, 15) is 0 Å². The first kappa shape index (κ1) is 13.3. The van der Waals surface area contributed by atoms with Crippen LogP contribution >= 0.6 is 15.9 Å². The maximum atomic E-state index is 5.58. The topological polar surface area (TPSA) is 34.4 Å². The lowest BCUT2D eigenvalue weighted by molar-refractivity contribution is 0.122. The third-order valence-corrected chi connectivity index (χ3v) is 2.95. The van der Waals surface area contributed by atoms with Gasteiger partial charge in [0.15, 0.2) is 0 Å². The maximum Gasteiger partial charge on any atom is 0.117 e. The lowest BCUT2D eigenvalue weighted by atomic mass is 10.2. The summed E-state index contributed by atoms with van der Waals surface area (Å²) >= 11 is 3.44. The molecule has 1 heterocycles. The van der Waals surface area contributed by atoms with Gasteiger partial charge in [0.05, 0.1) is 26.0 Å². The molecule has 0 aliphatic rings. The van der Waals surface area contributed by atoms with Crippen LogP contribution in [0, 0.1) is 0 Å². The number of hydrogen-bond donors (Lipinski definition) is 1. The molecule has 0 saturated carbocycles. The summed E-state index contributed by atoms with van der Waals surface area (Å²) in [5.74, 6) is 0.946. The van der Waals surface area contributed by atoms with Crippen molar-refractivity contribution in [2.75, 3.05) is 13.2 Å². The van der Waals surface area contributed by atoms with Crippen molar-refractivity contribution < 1.29 is 9.15 Å². The Labute approximate surface area is 115 Å². The van der Waals surface area contributed by atoms with Gasteiger partial charge in [-0.05, 0) is 29.8 Å². The first-order chi connectivity index (χ1) is 8.84. The van der Waals surface area contributed by atoms with E-state index in [1.165, 1.54) is 5.56 Å². The smallest absolute Gasteiger partial charge is 0.117 e. The SMILES string of the molecule is Brc1cccc(COCCNCc2ccco2)c1. The van der Waals surface area contributed by atoms with Crippen LogP contribution in [0.1, 0.15) is 11.3 Å². The van der Waals surface area contributed by atoms with Crippen molar-refractivity contribution in [2.24, 2.45) is 0 Å². The van der Waals surface area contributed by atoms with Crippen molar-refractivity contribution in [1.29, 1.82) is 0 Å². The van der Waals surface area contributed by atoms with E-state index < -0.39 is 0 Å². The van der Waals surface area contributed by atoms with Gasteiger partial charge in [-0.15, -0.1) is 0 Å². The first-order valence-electron chi connectivity index (χ1n) is 5.90. The second-order valence-corrected chi connectivity index (χ2v) is 4.85. The molecule has 1 N–H and O–H groups in total. The Kier molecular flexibility index (Phi) is 5.45. The zero-order valence-electron chi connectivity index (χ0n) is 10.1. The van der Waals surface area contributed by atoms with Gasteiger partial charge in [-0.2, -0.15) is 0 Å². The van der Waals surface area contributed by atoms with Crippen molar-refractivity contribution in [3.8, 4) is 0 Å². The molecule has 1 aromatic carbocycles. The van der Waals surface area contributed by atoms with E-state index in [1.807, 2.05) is 24.3 Å². The van der Waals surface area contributed by atoms with Crippen LogP contribution in [-0.2, 0) is 17.9 Å².